The molecular weight excluding hydrogens is 381 g/mol. The highest BCUT2D eigenvalue weighted by atomic mass is 79.9. The lowest BCUT2D eigenvalue weighted by Crippen LogP contribution is -2.37. The third-order valence-electron chi connectivity index (χ3n) is 3.17. The molecule has 0 unspecified atom stereocenters. The number of hydrogen-bond donors (Lipinski definition) is 1. The van der Waals surface area contributed by atoms with Crippen LogP contribution in [0.5, 0.6) is 0 Å². The summed E-state index contributed by atoms with van der Waals surface area (Å²) in [5, 5.41) is 3.54. The molecule has 98 valence electrons. The van der Waals surface area contributed by atoms with E-state index in [1.165, 1.54) is 0 Å². The van der Waals surface area contributed by atoms with Gasteiger partial charge < -0.3 is 5.32 Å². The van der Waals surface area contributed by atoms with Gasteiger partial charge in [0.05, 0.1) is 10.6 Å². The average Bonchev–Trinajstić information content (AvgIpc) is 2.32. The maximum atomic E-state index is 12.1. The number of carbonyl (C=O) groups is 1. The lowest BCUT2D eigenvalue weighted by atomic mass is 9.95. The van der Waals surface area contributed by atoms with E-state index in [9.17, 15) is 4.79 Å². The zero-order chi connectivity index (χ0) is 13.1. The second kappa shape index (κ2) is 6.40. The molecular formula is C13H14Br2ClNO. The van der Waals surface area contributed by atoms with Crippen LogP contribution in [0.3, 0.4) is 0 Å². The Labute approximate surface area is 129 Å². The summed E-state index contributed by atoms with van der Waals surface area (Å²) in [5.41, 5.74) is 0.542. The van der Waals surface area contributed by atoms with E-state index in [1.54, 1.807) is 12.1 Å². The molecule has 1 aliphatic rings. The van der Waals surface area contributed by atoms with Crippen molar-refractivity contribution in [1.29, 1.82) is 0 Å². The zero-order valence-electron chi connectivity index (χ0n) is 9.76. The van der Waals surface area contributed by atoms with E-state index in [1.807, 2.05) is 6.07 Å². The molecule has 1 aromatic rings. The Bertz CT molecular complexity index is 445. The number of amides is 1. The van der Waals surface area contributed by atoms with Gasteiger partial charge in [-0.1, -0.05) is 43.5 Å². The van der Waals surface area contributed by atoms with Crippen LogP contribution in [-0.4, -0.2) is 16.8 Å². The molecule has 0 aliphatic heterocycles. The van der Waals surface area contributed by atoms with Crippen molar-refractivity contribution in [2.75, 3.05) is 0 Å². The van der Waals surface area contributed by atoms with Crippen LogP contribution in [0.1, 0.15) is 36.0 Å². The van der Waals surface area contributed by atoms with E-state index in [0.29, 0.717) is 15.4 Å². The number of halogens is 3. The molecule has 0 heterocycles. The maximum Gasteiger partial charge on any atom is 0.253 e. The fourth-order valence-corrected chi connectivity index (χ4v) is 3.42. The van der Waals surface area contributed by atoms with E-state index in [2.05, 4.69) is 37.2 Å². The maximum absolute atomic E-state index is 12.1. The summed E-state index contributed by atoms with van der Waals surface area (Å²) in [5.74, 6) is -0.0782. The predicted molar refractivity (Wildman–Crippen MR) is 81.6 cm³/mol. The number of nitrogens with one attached hydrogen (secondary N) is 1. The number of benzene rings is 1. The van der Waals surface area contributed by atoms with Gasteiger partial charge in [0, 0.05) is 15.3 Å². The third kappa shape index (κ3) is 3.72. The first kappa shape index (κ1) is 14.4. The number of hydrogen-bond acceptors (Lipinski definition) is 1. The molecule has 5 heteroatoms. The first-order valence-electron chi connectivity index (χ1n) is 5.96. The molecule has 1 fully saturated rings. The molecule has 1 aromatic carbocycles. The Hall–Kier alpha value is -0.0600. The monoisotopic (exact) mass is 393 g/mol. The molecule has 1 aliphatic carbocycles. The fourth-order valence-electron chi connectivity index (χ4n) is 2.13. The van der Waals surface area contributed by atoms with Gasteiger partial charge in [-0.25, -0.2) is 0 Å². The van der Waals surface area contributed by atoms with Crippen LogP contribution in [-0.2, 0) is 0 Å². The molecule has 0 aromatic heterocycles. The van der Waals surface area contributed by atoms with Crippen molar-refractivity contribution in [3.8, 4) is 0 Å². The molecule has 0 bridgehead atoms. The average molecular weight is 396 g/mol. The second-order valence-corrected chi connectivity index (χ2v) is 7.16. The van der Waals surface area contributed by atoms with Crippen LogP contribution in [0.15, 0.2) is 22.7 Å². The molecule has 1 saturated carbocycles. The lowest BCUT2D eigenvalue weighted by molar-refractivity contribution is 0.0928. The normalized spacial score (nSPS) is 23.7. The number of rotatable bonds is 2. The van der Waals surface area contributed by atoms with Crippen molar-refractivity contribution in [3.05, 3.63) is 33.3 Å². The second-order valence-electron chi connectivity index (χ2n) is 4.55. The zero-order valence-corrected chi connectivity index (χ0v) is 13.7. The molecule has 1 amide bonds. The van der Waals surface area contributed by atoms with Gasteiger partial charge in [0.15, 0.2) is 0 Å². The summed E-state index contributed by atoms with van der Waals surface area (Å²) < 4.78 is 0.879. The van der Waals surface area contributed by atoms with Crippen LogP contribution in [0.25, 0.3) is 0 Å². The summed E-state index contributed by atoms with van der Waals surface area (Å²) in [6.07, 6.45) is 4.27. The van der Waals surface area contributed by atoms with E-state index >= 15 is 0 Å². The summed E-state index contributed by atoms with van der Waals surface area (Å²) in [7, 11) is 0. The third-order valence-corrected chi connectivity index (χ3v) is 4.89. The Balaban J connectivity index is 1.99. The van der Waals surface area contributed by atoms with Crippen molar-refractivity contribution < 1.29 is 4.79 Å². The lowest BCUT2D eigenvalue weighted by Gasteiger charge is -2.26. The molecule has 0 radical (unpaired) electrons. The first-order valence-corrected chi connectivity index (χ1v) is 8.05. The smallest absolute Gasteiger partial charge is 0.253 e. The van der Waals surface area contributed by atoms with Crippen LogP contribution >= 0.6 is 43.5 Å². The standard InChI is InChI=1S/C13H14Br2ClNO/c14-8-1-4-10(5-2-8)17-13(18)11-6-3-9(15)7-12(11)16/h3,6-8,10H,1-2,4-5H2,(H,17,18). The Morgan fingerprint density at radius 1 is 1.28 bits per heavy atom. The number of alkyl halides is 1. The van der Waals surface area contributed by atoms with E-state index < -0.39 is 0 Å². The van der Waals surface area contributed by atoms with Gasteiger partial charge in [0.1, 0.15) is 0 Å². The molecule has 0 atom stereocenters. The van der Waals surface area contributed by atoms with Crippen LogP contribution < -0.4 is 5.32 Å². The molecule has 0 spiro atoms. The molecule has 0 saturated heterocycles. The van der Waals surface area contributed by atoms with Crippen LogP contribution in [0, 0.1) is 0 Å². The van der Waals surface area contributed by atoms with E-state index in [-0.39, 0.29) is 11.9 Å². The van der Waals surface area contributed by atoms with Gasteiger partial charge in [-0.3, -0.25) is 4.79 Å². The molecule has 18 heavy (non-hydrogen) atoms. The Morgan fingerprint density at radius 2 is 1.94 bits per heavy atom. The highest BCUT2D eigenvalue weighted by Gasteiger charge is 2.21. The van der Waals surface area contributed by atoms with Crippen molar-refractivity contribution in [2.45, 2.75) is 36.6 Å². The van der Waals surface area contributed by atoms with Gasteiger partial charge in [-0.15, -0.1) is 0 Å². The minimum Gasteiger partial charge on any atom is -0.349 e. The van der Waals surface area contributed by atoms with E-state index in [0.717, 1.165) is 30.2 Å². The largest absolute Gasteiger partial charge is 0.349 e. The predicted octanol–water partition coefficient (Wildman–Crippen LogP) is 4.54. The highest BCUT2D eigenvalue weighted by Crippen LogP contribution is 2.25. The molecule has 2 rings (SSSR count). The molecule has 2 nitrogen and oxygen atoms in total. The van der Waals surface area contributed by atoms with Gasteiger partial charge in [0.25, 0.3) is 5.91 Å². The van der Waals surface area contributed by atoms with Crippen molar-refractivity contribution in [1.82, 2.24) is 5.32 Å². The minimum absolute atomic E-state index is 0.0782. The van der Waals surface area contributed by atoms with E-state index in [4.69, 9.17) is 11.6 Å². The van der Waals surface area contributed by atoms with Crippen LogP contribution in [0.4, 0.5) is 0 Å². The summed E-state index contributed by atoms with van der Waals surface area (Å²) in [6, 6.07) is 5.59. The van der Waals surface area contributed by atoms with Gasteiger partial charge in [-0.05, 0) is 43.9 Å². The van der Waals surface area contributed by atoms with Gasteiger partial charge in [-0.2, -0.15) is 0 Å². The molecule has 1 N–H and O–H groups in total. The Morgan fingerprint density at radius 3 is 2.56 bits per heavy atom. The van der Waals surface area contributed by atoms with Gasteiger partial charge >= 0.3 is 0 Å². The Kier molecular flexibility index (Phi) is 5.10. The van der Waals surface area contributed by atoms with Crippen molar-refractivity contribution in [2.24, 2.45) is 0 Å². The highest BCUT2D eigenvalue weighted by molar-refractivity contribution is 9.10. The quantitative estimate of drug-likeness (QED) is 0.732. The summed E-state index contributed by atoms with van der Waals surface area (Å²) in [6.45, 7) is 0. The fraction of sp³-hybridized carbons (Fsp3) is 0.462. The SMILES string of the molecule is O=C(NC1CCC(Br)CC1)c1ccc(Br)cc1Cl. The number of carbonyl (C=O) groups excluding carboxylic acids is 1. The first-order chi connectivity index (χ1) is 8.56. The van der Waals surface area contributed by atoms with Crippen LogP contribution in [0.2, 0.25) is 5.02 Å². The summed E-state index contributed by atoms with van der Waals surface area (Å²) in [4.78, 5) is 12.7. The minimum atomic E-state index is -0.0782. The van der Waals surface area contributed by atoms with Crippen molar-refractivity contribution >= 4 is 49.4 Å². The van der Waals surface area contributed by atoms with Crippen molar-refractivity contribution in [3.63, 3.8) is 0 Å². The topological polar surface area (TPSA) is 29.1 Å². The summed E-state index contributed by atoms with van der Waals surface area (Å²) >= 11 is 13.0. The van der Waals surface area contributed by atoms with Gasteiger partial charge in [0.2, 0.25) is 0 Å².